The summed E-state index contributed by atoms with van der Waals surface area (Å²) in [4.78, 5) is 12.0. The third-order valence-electron chi connectivity index (χ3n) is 3.69. The van der Waals surface area contributed by atoms with Gasteiger partial charge in [-0.15, -0.1) is 0 Å². The minimum atomic E-state index is -0.0138. The Labute approximate surface area is 102 Å². The van der Waals surface area contributed by atoms with Crippen molar-refractivity contribution in [1.82, 2.24) is 5.32 Å². The van der Waals surface area contributed by atoms with Gasteiger partial charge in [-0.2, -0.15) is 0 Å². The van der Waals surface area contributed by atoms with E-state index in [1.807, 2.05) is 19.1 Å². The fraction of sp³-hybridized carbons (Fsp3) is 0.500. The molecule has 3 heteroatoms. The summed E-state index contributed by atoms with van der Waals surface area (Å²) in [7, 11) is 0. The summed E-state index contributed by atoms with van der Waals surface area (Å²) in [5.74, 6) is -0.0138. The molecule has 1 fully saturated rings. The molecular formula is C14H20N2O. The van der Waals surface area contributed by atoms with Gasteiger partial charge >= 0.3 is 0 Å². The second kappa shape index (κ2) is 4.40. The van der Waals surface area contributed by atoms with Gasteiger partial charge in [-0.25, -0.2) is 0 Å². The van der Waals surface area contributed by atoms with Crippen LogP contribution < -0.4 is 11.1 Å². The molecule has 0 heterocycles. The summed E-state index contributed by atoms with van der Waals surface area (Å²) in [6.45, 7) is 4.92. The van der Waals surface area contributed by atoms with Crippen molar-refractivity contribution < 1.29 is 4.79 Å². The van der Waals surface area contributed by atoms with Crippen LogP contribution in [0.2, 0.25) is 0 Å². The molecule has 2 rings (SSSR count). The zero-order valence-electron chi connectivity index (χ0n) is 10.5. The molecule has 92 valence electrons. The summed E-state index contributed by atoms with van der Waals surface area (Å²) >= 11 is 0. The lowest BCUT2D eigenvalue weighted by Crippen LogP contribution is -2.30. The molecule has 1 aromatic carbocycles. The van der Waals surface area contributed by atoms with Gasteiger partial charge in [0.2, 0.25) is 0 Å². The molecule has 1 aromatic rings. The maximum Gasteiger partial charge on any atom is 0.251 e. The van der Waals surface area contributed by atoms with Crippen LogP contribution in [-0.2, 0) is 0 Å². The normalized spacial score (nSPS) is 16.6. The number of nitrogens with two attached hydrogens (primary N) is 1. The minimum Gasteiger partial charge on any atom is -0.399 e. The number of nitrogen functional groups attached to an aromatic ring is 1. The molecule has 0 aliphatic heterocycles. The molecule has 1 saturated carbocycles. The Morgan fingerprint density at radius 1 is 1.41 bits per heavy atom. The first-order valence-corrected chi connectivity index (χ1v) is 6.20. The van der Waals surface area contributed by atoms with E-state index in [9.17, 15) is 4.79 Å². The van der Waals surface area contributed by atoms with Crippen LogP contribution in [0, 0.1) is 12.3 Å². The molecule has 1 aliphatic rings. The summed E-state index contributed by atoms with van der Waals surface area (Å²) in [5, 5.41) is 3.01. The van der Waals surface area contributed by atoms with E-state index in [-0.39, 0.29) is 5.91 Å². The Morgan fingerprint density at radius 3 is 2.65 bits per heavy atom. The van der Waals surface area contributed by atoms with Crippen molar-refractivity contribution in [3.05, 3.63) is 29.3 Å². The predicted molar refractivity (Wildman–Crippen MR) is 69.9 cm³/mol. The van der Waals surface area contributed by atoms with Gasteiger partial charge in [-0.05, 0) is 55.4 Å². The van der Waals surface area contributed by atoms with E-state index < -0.39 is 0 Å². The maximum atomic E-state index is 12.0. The van der Waals surface area contributed by atoms with Crippen molar-refractivity contribution in [3.8, 4) is 0 Å². The highest BCUT2D eigenvalue weighted by atomic mass is 16.1. The van der Waals surface area contributed by atoms with E-state index in [2.05, 4.69) is 12.2 Å². The summed E-state index contributed by atoms with van der Waals surface area (Å²) in [6, 6.07) is 5.47. The Kier molecular flexibility index (Phi) is 3.09. The second-order valence-electron chi connectivity index (χ2n) is 5.17. The maximum absolute atomic E-state index is 12.0. The molecule has 0 bridgehead atoms. The number of amides is 1. The van der Waals surface area contributed by atoms with E-state index in [4.69, 9.17) is 5.73 Å². The van der Waals surface area contributed by atoms with Gasteiger partial charge in [-0.3, -0.25) is 4.79 Å². The average molecular weight is 232 g/mol. The number of carbonyl (C=O) groups is 1. The minimum absolute atomic E-state index is 0.0138. The van der Waals surface area contributed by atoms with Crippen molar-refractivity contribution in [3.63, 3.8) is 0 Å². The molecule has 3 N–H and O–H groups in total. The Hall–Kier alpha value is -1.51. The van der Waals surface area contributed by atoms with Gasteiger partial charge in [0.1, 0.15) is 0 Å². The lowest BCUT2D eigenvalue weighted by molar-refractivity contribution is 0.0944. The standard InChI is InChI=1S/C14H20N2O/c1-3-14(4-5-14)9-16-13(17)11-6-10(2)7-12(15)8-11/h6-8H,3-5,9,15H2,1-2H3,(H,16,17). The fourth-order valence-corrected chi connectivity index (χ4v) is 2.15. The molecule has 0 aromatic heterocycles. The highest BCUT2D eigenvalue weighted by molar-refractivity contribution is 5.95. The second-order valence-corrected chi connectivity index (χ2v) is 5.17. The molecule has 0 spiro atoms. The molecule has 0 atom stereocenters. The molecule has 1 aliphatic carbocycles. The SMILES string of the molecule is CCC1(CNC(=O)c2cc(C)cc(N)c2)CC1. The van der Waals surface area contributed by atoms with Crippen molar-refractivity contribution in [1.29, 1.82) is 0 Å². The van der Waals surface area contributed by atoms with Gasteiger partial charge in [0, 0.05) is 17.8 Å². The largest absolute Gasteiger partial charge is 0.399 e. The Morgan fingerprint density at radius 2 is 2.12 bits per heavy atom. The van der Waals surface area contributed by atoms with E-state index in [0.29, 0.717) is 16.7 Å². The molecule has 0 saturated heterocycles. The van der Waals surface area contributed by atoms with Crippen molar-refractivity contribution in [2.45, 2.75) is 33.1 Å². The van der Waals surface area contributed by atoms with Crippen molar-refractivity contribution in [2.24, 2.45) is 5.41 Å². The lowest BCUT2D eigenvalue weighted by atomic mass is 10.0. The summed E-state index contributed by atoms with van der Waals surface area (Å²) in [5.41, 5.74) is 8.44. The van der Waals surface area contributed by atoms with Gasteiger partial charge in [0.05, 0.1) is 0 Å². The van der Waals surface area contributed by atoms with E-state index in [1.54, 1.807) is 6.07 Å². The zero-order chi connectivity index (χ0) is 12.5. The highest BCUT2D eigenvalue weighted by Gasteiger charge is 2.40. The van der Waals surface area contributed by atoms with Crippen LogP contribution in [0.15, 0.2) is 18.2 Å². The third kappa shape index (κ3) is 2.78. The van der Waals surface area contributed by atoms with Crippen LogP contribution in [0.4, 0.5) is 5.69 Å². The summed E-state index contributed by atoms with van der Waals surface area (Å²) in [6.07, 6.45) is 3.61. The molecule has 17 heavy (non-hydrogen) atoms. The number of anilines is 1. The molecule has 3 nitrogen and oxygen atoms in total. The van der Waals surface area contributed by atoms with E-state index in [1.165, 1.54) is 12.8 Å². The monoisotopic (exact) mass is 232 g/mol. The number of benzene rings is 1. The zero-order valence-corrected chi connectivity index (χ0v) is 10.5. The van der Waals surface area contributed by atoms with Gasteiger partial charge in [0.25, 0.3) is 5.91 Å². The van der Waals surface area contributed by atoms with Crippen LogP contribution in [0.3, 0.4) is 0 Å². The van der Waals surface area contributed by atoms with Crippen molar-refractivity contribution in [2.75, 3.05) is 12.3 Å². The topological polar surface area (TPSA) is 55.1 Å². The lowest BCUT2D eigenvalue weighted by Gasteiger charge is -2.13. The molecule has 0 unspecified atom stereocenters. The molecule has 1 amide bonds. The smallest absolute Gasteiger partial charge is 0.251 e. The third-order valence-corrected chi connectivity index (χ3v) is 3.69. The quantitative estimate of drug-likeness (QED) is 0.784. The van der Waals surface area contributed by atoms with Crippen LogP contribution in [-0.4, -0.2) is 12.5 Å². The first-order valence-electron chi connectivity index (χ1n) is 6.20. The highest BCUT2D eigenvalue weighted by Crippen LogP contribution is 2.47. The Balaban J connectivity index is 1.99. The average Bonchev–Trinajstić information content (AvgIpc) is 3.05. The van der Waals surface area contributed by atoms with E-state index in [0.717, 1.165) is 18.5 Å². The van der Waals surface area contributed by atoms with Crippen LogP contribution in [0.25, 0.3) is 0 Å². The number of hydrogen-bond acceptors (Lipinski definition) is 2. The van der Waals surface area contributed by atoms with Crippen molar-refractivity contribution >= 4 is 11.6 Å². The molecule has 0 radical (unpaired) electrons. The van der Waals surface area contributed by atoms with Gasteiger partial charge in [0.15, 0.2) is 0 Å². The fourth-order valence-electron chi connectivity index (χ4n) is 2.15. The Bertz CT molecular complexity index is 416. The van der Waals surface area contributed by atoms with E-state index >= 15 is 0 Å². The number of rotatable bonds is 4. The number of nitrogens with one attached hydrogen (secondary N) is 1. The van der Waals surface area contributed by atoms with Crippen LogP contribution >= 0.6 is 0 Å². The number of carbonyl (C=O) groups excluding carboxylic acids is 1. The number of hydrogen-bond donors (Lipinski definition) is 2. The van der Waals surface area contributed by atoms with Crippen LogP contribution in [0.5, 0.6) is 0 Å². The number of aryl methyl sites for hydroxylation is 1. The van der Waals surface area contributed by atoms with Gasteiger partial charge in [-0.1, -0.05) is 6.92 Å². The summed E-state index contributed by atoms with van der Waals surface area (Å²) < 4.78 is 0. The molecular weight excluding hydrogens is 212 g/mol. The van der Waals surface area contributed by atoms with Gasteiger partial charge < -0.3 is 11.1 Å². The predicted octanol–water partition coefficient (Wildman–Crippen LogP) is 2.50. The van der Waals surface area contributed by atoms with Crippen LogP contribution in [0.1, 0.15) is 42.1 Å². The first kappa shape index (κ1) is 12.0. The first-order chi connectivity index (χ1) is 8.04.